The molecule has 0 N–H and O–H groups in total. The zero-order chi connectivity index (χ0) is 10.6. The van der Waals surface area contributed by atoms with E-state index in [0.29, 0.717) is 12.5 Å². The number of ether oxygens (including phenoxy) is 2. The summed E-state index contributed by atoms with van der Waals surface area (Å²) >= 11 is 0. The van der Waals surface area contributed by atoms with Crippen molar-refractivity contribution in [3.63, 3.8) is 0 Å². The lowest BCUT2D eigenvalue weighted by molar-refractivity contribution is -0.226. The highest BCUT2D eigenvalue weighted by Gasteiger charge is 2.40. The Balaban J connectivity index is 2.07. The Morgan fingerprint density at radius 1 is 1.36 bits per heavy atom. The van der Waals surface area contributed by atoms with Gasteiger partial charge < -0.3 is 9.47 Å². The van der Waals surface area contributed by atoms with Crippen LogP contribution in [0.2, 0.25) is 0 Å². The van der Waals surface area contributed by atoms with Crippen LogP contribution in [-0.2, 0) is 9.47 Å². The van der Waals surface area contributed by atoms with Gasteiger partial charge in [-0.3, -0.25) is 0 Å². The number of methoxy groups -OCH3 is 1. The van der Waals surface area contributed by atoms with Crippen LogP contribution in [0.3, 0.4) is 0 Å². The van der Waals surface area contributed by atoms with Gasteiger partial charge in [-0.1, -0.05) is 12.8 Å². The lowest BCUT2D eigenvalue weighted by atomic mass is 10.3. The monoisotopic (exact) mass is 212 g/mol. The molecule has 0 saturated heterocycles. The Morgan fingerprint density at radius 3 is 2.43 bits per heavy atom. The van der Waals surface area contributed by atoms with E-state index < -0.39 is 18.9 Å². The van der Waals surface area contributed by atoms with Crippen LogP contribution in [0.4, 0.5) is 13.2 Å². The van der Waals surface area contributed by atoms with Crippen LogP contribution in [0.1, 0.15) is 19.3 Å². The largest absolute Gasteiger partial charge is 0.416 e. The van der Waals surface area contributed by atoms with Gasteiger partial charge in [0.1, 0.15) is 0 Å². The van der Waals surface area contributed by atoms with Gasteiger partial charge in [-0.2, -0.15) is 13.2 Å². The SMILES string of the molecule is COC(COCCC1CC1)C(F)(F)F. The van der Waals surface area contributed by atoms with Gasteiger partial charge in [-0.25, -0.2) is 0 Å². The second-order valence-corrected chi connectivity index (χ2v) is 3.57. The van der Waals surface area contributed by atoms with Crippen molar-refractivity contribution in [3.05, 3.63) is 0 Å². The molecule has 0 aliphatic heterocycles. The van der Waals surface area contributed by atoms with Gasteiger partial charge in [0.05, 0.1) is 6.61 Å². The standard InChI is InChI=1S/C9H15F3O2/c1-13-8(9(10,11)12)6-14-5-4-7-2-3-7/h7-8H,2-6H2,1H3. The molecule has 0 aromatic rings. The summed E-state index contributed by atoms with van der Waals surface area (Å²) in [5, 5.41) is 0. The maximum Gasteiger partial charge on any atom is 0.416 e. The highest BCUT2D eigenvalue weighted by molar-refractivity contribution is 4.72. The fraction of sp³-hybridized carbons (Fsp3) is 1.00. The van der Waals surface area contributed by atoms with Crippen molar-refractivity contribution in [2.45, 2.75) is 31.5 Å². The summed E-state index contributed by atoms with van der Waals surface area (Å²) in [6, 6.07) is 0. The van der Waals surface area contributed by atoms with Gasteiger partial charge in [0.2, 0.25) is 0 Å². The molecule has 0 radical (unpaired) electrons. The van der Waals surface area contributed by atoms with Crippen LogP contribution < -0.4 is 0 Å². The summed E-state index contributed by atoms with van der Waals surface area (Å²) < 4.78 is 45.5. The molecule has 14 heavy (non-hydrogen) atoms. The maximum atomic E-state index is 12.1. The molecule has 0 spiro atoms. The Labute approximate surface area is 81.4 Å². The van der Waals surface area contributed by atoms with Crippen LogP contribution in [-0.4, -0.2) is 32.6 Å². The Morgan fingerprint density at radius 2 is 2.00 bits per heavy atom. The van der Waals surface area contributed by atoms with Crippen molar-refractivity contribution in [2.24, 2.45) is 5.92 Å². The molecule has 2 nitrogen and oxygen atoms in total. The number of hydrogen-bond acceptors (Lipinski definition) is 2. The van der Waals surface area contributed by atoms with E-state index in [1.54, 1.807) is 0 Å². The van der Waals surface area contributed by atoms with E-state index in [-0.39, 0.29) is 0 Å². The first-order valence-corrected chi connectivity index (χ1v) is 4.71. The first kappa shape index (κ1) is 11.8. The molecule has 1 saturated carbocycles. The molecule has 5 heteroatoms. The second kappa shape index (κ2) is 4.98. The van der Waals surface area contributed by atoms with E-state index in [1.807, 2.05) is 0 Å². The molecule has 84 valence electrons. The molecular formula is C9H15F3O2. The van der Waals surface area contributed by atoms with Gasteiger partial charge >= 0.3 is 6.18 Å². The minimum absolute atomic E-state index is 0.396. The van der Waals surface area contributed by atoms with Crippen molar-refractivity contribution in [2.75, 3.05) is 20.3 Å². The number of halogens is 3. The van der Waals surface area contributed by atoms with Gasteiger partial charge in [-0.15, -0.1) is 0 Å². The van der Waals surface area contributed by atoms with Crippen LogP contribution in [0, 0.1) is 5.92 Å². The lowest BCUT2D eigenvalue weighted by Gasteiger charge is -2.18. The molecule has 1 atom stereocenters. The molecule has 0 aromatic heterocycles. The first-order chi connectivity index (χ1) is 6.54. The summed E-state index contributed by atoms with van der Waals surface area (Å²) in [6.07, 6.45) is -2.86. The van der Waals surface area contributed by atoms with E-state index in [2.05, 4.69) is 4.74 Å². The van der Waals surface area contributed by atoms with Crippen molar-refractivity contribution >= 4 is 0 Å². The molecule has 0 heterocycles. The second-order valence-electron chi connectivity index (χ2n) is 3.57. The highest BCUT2D eigenvalue weighted by atomic mass is 19.4. The van der Waals surface area contributed by atoms with E-state index in [9.17, 15) is 13.2 Å². The Hall–Kier alpha value is -0.290. The highest BCUT2D eigenvalue weighted by Crippen LogP contribution is 2.32. The molecule has 0 bridgehead atoms. The van der Waals surface area contributed by atoms with Crippen molar-refractivity contribution in [3.8, 4) is 0 Å². The first-order valence-electron chi connectivity index (χ1n) is 4.71. The molecule has 0 aromatic carbocycles. The maximum absolute atomic E-state index is 12.1. The fourth-order valence-corrected chi connectivity index (χ4v) is 1.14. The van der Waals surface area contributed by atoms with Crippen LogP contribution in [0.5, 0.6) is 0 Å². The van der Waals surface area contributed by atoms with E-state index in [1.165, 1.54) is 12.8 Å². The van der Waals surface area contributed by atoms with Crippen LogP contribution in [0.25, 0.3) is 0 Å². The number of hydrogen-bond donors (Lipinski definition) is 0. The van der Waals surface area contributed by atoms with E-state index in [0.717, 1.165) is 13.5 Å². The third-order valence-electron chi connectivity index (χ3n) is 2.29. The van der Waals surface area contributed by atoms with Crippen molar-refractivity contribution in [1.82, 2.24) is 0 Å². The smallest absolute Gasteiger partial charge is 0.378 e. The average Bonchev–Trinajstić information content (AvgIpc) is 2.85. The van der Waals surface area contributed by atoms with E-state index >= 15 is 0 Å². The normalized spacial score (nSPS) is 19.7. The van der Waals surface area contributed by atoms with Gasteiger partial charge in [-0.05, 0) is 12.3 Å². The summed E-state index contributed by atoms with van der Waals surface area (Å²) in [6.45, 7) is 0.00727. The van der Waals surface area contributed by atoms with E-state index in [4.69, 9.17) is 4.74 Å². The molecule has 1 rings (SSSR count). The van der Waals surface area contributed by atoms with Crippen molar-refractivity contribution < 1.29 is 22.6 Å². The van der Waals surface area contributed by atoms with Gasteiger partial charge in [0.25, 0.3) is 0 Å². The summed E-state index contributed by atoms with van der Waals surface area (Å²) in [5.74, 6) is 0.682. The number of rotatable bonds is 6. The third-order valence-corrected chi connectivity index (χ3v) is 2.29. The topological polar surface area (TPSA) is 18.5 Å². The summed E-state index contributed by atoms with van der Waals surface area (Å²) in [5.41, 5.74) is 0. The number of alkyl halides is 3. The third kappa shape index (κ3) is 4.28. The summed E-state index contributed by atoms with van der Waals surface area (Å²) in [4.78, 5) is 0. The fourth-order valence-electron chi connectivity index (χ4n) is 1.14. The quantitative estimate of drug-likeness (QED) is 0.629. The summed E-state index contributed by atoms with van der Waals surface area (Å²) in [7, 11) is 1.04. The molecule has 1 unspecified atom stereocenters. The van der Waals surface area contributed by atoms with Crippen LogP contribution >= 0.6 is 0 Å². The predicted octanol–water partition coefficient (Wildman–Crippen LogP) is 2.38. The molecule has 1 fully saturated rings. The minimum atomic E-state index is -4.33. The molecule has 0 amide bonds. The van der Waals surface area contributed by atoms with Gasteiger partial charge in [0, 0.05) is 13.7 Å². The predicted molar refractivity (Wildman–Crippen MR) is 45.0 cm³/mol. The zero-order valence-corrected chi connectivity index (χ0v) is 8.14. The average molecular weight is 212 g/mol. The minimum Gasteiger partial charge on any atom is -0.378 e. The van der Waals surface area contributed by atoms with Gasteiger partial charge in [0.15, 0.2) is 6.10 Å². The Kier molecular flexibility index (Phi) is 4.19. The molecule has 1 aliphatic carbocycles. The molecular weight excluding hydrogens is 197 g/mol. The zero-order valence-electron chi connectivity index (χ0n) is 8.14. The Bertz CT molecular complexity index is 166. The van der Waals surface area contributed by atoms with Crippen molar-refractivity contribution in [1.29, 1.82) is 0 Å². The molecule has 1 aliphatic rings. The lowest BCUT2D eigenvalue weighted by Crippen LogP contribution is -2.35. The van der Waals surface area contributed by atoms with Crippen LogP contribution in [0.15, 0.2) is 0 Å².